The Morgan fingerprint density at radius 3 is 2.00 bits per heavy atom. The highest BCUT2D eigenvalue weighted by Crippen LogP contribution is 2.18. The summed E-state index contributed by atoms with van der Waals surface area (Å²) in [7, 11) is 0. The van der Waals surface area contributed by atoms with E-state index in [2.05, 4.69) is 32.7 Å². The first-order valence-electron chi connectivity index (χ1n) is 10.1. The van der Waals surface area contributed by atoms with Gasteiger partial charge in [-0.3, -0.25) is 4.79 Å². The number of amides is 1. The van der Waals surface area contributed by atoms with Crippen LogP contribution in [0.1, 0.15) is 23.4 Å². The van der Waals surface area contributed by atoms with Gasteiger partial charge in [-0.2, -0.15) is 4.98 Å². The molecule has 0 saturated carbocycles. The Morgan fingerprint density at radius 1 is 0.839 bits per heavy atom. The van der Waals surface area contributed by atoms with Gasteiger partial charge in [-0.1, -0.05) is 78.0 Å². The van der Waals surface area contributed by atoms with Crippen LogP contribution in [0.5, 0.6) is 0 Å². The molecule has 0 N–H and O–H groups in total. The molecule has 156 valence electrons. The zero-order chi connectivity index (χ0) is 21.5. The molecule has 0 saturated heterocycles. The molecule has 0 fully saturated rings. The fourth-order valence-corrected chi connectivity index (χ4v) is 3.64. The van der Waals surface area contributed by atoms with Crippen LogP contribution in [0.2, 0.25) is 0 Å². The van der Waals surface area contributed by atoms with E-state index in [-0.39, 0.29) is 5.91 Å². The lowest BCUT2D eigenvalue weighted by atomic mass is 10.1. The van der Waals surface area contributed by atoms with E-state index in [0.717, 1.165) is 20.3 Å². The van der Waals surface area contributed by atoms with Crippen LogP contribution in [0.25, 0.3) is 11.4 Å². The second-order valence-corrected chi connectivity index (χ2v) is 8.49. The third-order valence-electron chi connectivity index (χ3n) is 4.91. The van der Waals surface area contributed by atoms with Crippen LogP contribution < -0.4 is 0 Å². The highest BCUT2D eigenvalue weighted by Gasteiger charge is 2.17. The average Bonchev–Trinajstić information content (AvgIpc) is 3.28. The molecule has 1 aromatic heterocycles. The van der Waals surface area contributed by atoms with Crippen molar-refractivity contribution < 1.29 is 9.32 Å². The predicted molar refractivity (Wildman–Crippen MR) is 128 cm³/mol. The summed E-state index contributed by atoms with van der Waals surface area (Å²) in [5.74, 6) is 1.08. The number of rotatable bonds is 8. The van der Waals surface area contributed by atoms with E-state index < -0.39 is 0 Å². The molecule has 0 atom stereocenters. The second kappa shape index (κ2) is 10.3. The molecule has 0 aliphatic rings. The Morgan fingerprint density at radius 2 is 1.42 bits per heavy atom. The molecule has 1 heterocycles. The lowest BCUT2D eigenvalue weighted by Crippen LogP contribution is -2.30. The molecule has 1 amide bonds. The van der Waals surface area contributed by atoms with Crippen molar-refractivity contribution in [2.24, 2.45) is 0 Å². The summed E-state index contributed by atoms with van der Waals surface area (Å²) < 4.78 is 6.53. The van der Waals surface area contributed by atoms with Gasteiger partial charge in [0, 0.05) is 35.1 Å². The monoisotopic (exact) mass is 523 g/mol. The number of hydrogen-bond acceptors (Lipinski definition) is 4. The second-order valence-electron chi connectivity index (χ2n) is 7.24. The topological polar surface area (TPSA) is 59.2 Å². The first-order valence-corrected chi connectivity index (χ1v) is 11.2. The number of benzene rings is 3. The first kappa shape index (κ1) is 21.2. The Balaban J connectivity index is 1.42. The fraction of sp³-hybridized carbons (Fsp3) is 0.160. The van der Waals surface area contributed by atoms with E-state index in [1.54, 1.807) is 0 Å². The van der Waals surface area contributed by atoms with Crippen molar-refractivity contribution in [2.75, 3.05) is 0 Å². The van der Waals surface area contributed by atoms with Gasteiger partial charge >= 0.3 is 0 Å². The SMILES string of the molecule is O=C(CCc1nc(-c2ccc(I)cc2)no1)N(Cc1ccccc1)Cc1ccccc1. The van der Waals surface area contributed by atoms with Gasteiger partial charge in [0.2, 0.25) is 17.6 Å². The summed E-state index contributed by atoms with van der Waals surface area (Å²) in [6.45, 7) is 1.12. The molecule has 4 rings (SSSR count). The smallest absolute Gasteiger partial charge is 0.227 e. The molecule has 0 aliphatic carbocycles. The summed E-state index contributed by atoms with van der Waals surface area (Å²) >= 11 is 2.26. The molecule has 0 unspecified atom stereocenters. The third kappa shape index (κ3) is 6.01. The van der Waals surface area contributed by atoms with Crippen molar-refractivity contribution in [1.82, 2.24) is 15.0 Å². The van der Waals surface area contributed by atoms with Crippen molar-refractivity contribution in [3.63, 3.8) is 0 Å². The zero-order valence-electron chi connectivity index (χ0n) is 16.9. The first-order chi connectivity index (χ1) is 15.2. The summed E-state index contributed by atoms with van der Waals surface area (Å²) in [5, 5.41) is 4.06. The minimum absolute atomic E-state index is 0.0571. The van der Waals surface area contributed by atoms with Gasteiger partial charge in [-0.05, 0) is 45.9 Å². The molecule has 3 aromatic carbocycles. The minimum atomic E-state index is 0.0571. The van der Waals surface area contributed by atoms with Gasteiger partial charge in [0.05, 0.1) is 0 Å². The van der Waals surface area contributed by atoms with Crippen LogP contribution in [0.4, 0.5) is 0 Å². The summed E-state index contributed by atoms with van der Waals surface area (Å²) in [6, 6.07) is 28.0. The van der Waals surface area contributed by atoms with Crippen molar-refractivity contribution in [1.29, 1.82) is 0 Å². The molecule has 0 spiro atoms. The van der Waals surface area contributed by atoms with Crippen molar-refractivity contribution in [3.05, 3.63) is 106 Å². The molecule has 0 radical (unpaired) electrons. The Hall–Kier alpha value is -3.00. The molecule has 0 bridgehead atoms. The average molecular weight is 523 g/mol. The van der Waals surface area contributed by atoms with Crippen molar-refractivity contribution in [3.8, 4) is 11.4 Å². The van der Waals surface area contributed by atoms with Gasteiger partial charge in [-0.15, -0.1) is 0 Å². The van der Waals surface area contributed by atoms with Crippen LogP contribution in [0.3, 0.4) is 0 Å². The highest BCUT2D eigenvalue weighted by molar-refractivity contribution is 14.1. The zero-order valence-corrected chi connectivity index (χ0v) is 19.1. The maximum absolute atomic E-state index is 13.1. The standard InChI is InChI=1S/C25H22IN3O2/c26-22-13-11-21(12-14-22)25-27-23(31-28-25)15-16-24(30)29(17-19-7-3-1-4-8-19)18-20-9-5-2-6-10-20/h1-14H,15-18H2. The minimum Gasteiger partial charge on any atom is -0.339 e. The van der Waals surface area contributed by atoms with E-state index in [1.807, 2.05) is 89.8 Å². The van der Waals surface area contributed by atoms with Crippen LogP contribution in [-0.4, -0.2) is 20.9 Å². The van der Waals surface area contributed by atoms with E-state index in [9.17, 15) is 4.79 Å². The van der Waals surface area contributed by atoms with E-state index in [0.29, 0.717) is 37.6 Å². The number of carbonyl (C=O) groups excluding carboxylic acids is 1. The van der Waals surface area contributed by atoms with Crippen LogP contribution in [-0.2, 0) is 24.3 Å². The third-order valence-corrected chi connectivity index (χ3v) is 5.63. The number of hydrogen-bond donors (Lipinski definition) is 0. The summed E-state index contributed by atoms with van der Waals surface area (Å²) in [4.78, 5) is 19.4. The maximum atomic E-state index is 13.1. The number of aryl methyl sites for hydroxylation is 1. The van der Waals surface area contributed by atoms with Crippen LogP contribution >= 0.6 is 22.6 Å². The van der Waals surface area contributed by atoms with Crippen LogP contribution in [0, 0.1) is 3.57 Å². The predicted octanol–water partition coefficient (Wildman–Crippen LogP) is 5.50. The Kier molecular flexibility index (Phi) is 7.09. The number of halogens is 1. The molecule has 0 aliphatic heterocycles. The summed E-state index contributed by atoms with van der Waals surface area (Å²) in [6.07, 6.45) is 0.726. The lowest BCUT2D eigenvalue weighted by molar-refractivity contribution is -0.132. The molecule has 4 aromatic rings. The van der Waals surface area contributed by atoms with Crippen LogP contribution in [0.15, 0.2) is 89.5 Å². The normalized spacial score (nSPS) is 10.7. The van der Waals surface area contributed by atoms with Gasteiger partial charge in [0.25, 0.3) is 0 Å². The molecule has 5 nitrogen and oxygen atoms in total. The molecular weight excluding hydrogens is 501 g/mol. The molecule has 31 heavy (non-hydrogen) atoms. The van der Waals surface area contributed by atoms with Gasteiger partial charge < -0.3 is 9.42 Å². The molecule has 6 heteroatoms. The number of aromatic nitrogens is 2. The lowest BCUT2D eigenvalue weighted by Gasteiger charge is -2.23. The highest BCUT2D eigenvalue weighted by atomic mass is 127. The van der Waals surface area contributed by atoms with Crippen molar-refractivity contribution in [2.45, 2.75) is 25.9 Å². The number of carbonyl (C=O) groups is 1. The van der Waals surface area contributed by atoms with Gasteiger partial charge in [0.15, 0.2) is 0 Å². The quantitative estimate of drug-likeness (QED) is 0.286. The van der Waals surface area contributed by atoms with E-state index >= 15 is 0 Å². The Bertz CT molecular complexity index is 1070. The largest absolute Gasteiger partial charge is 0.339 e. The van der Waals surface area contributed by atoms with E-state index in [1.165, 1.54) is 0 Å². The van der Waals surface area contributed by atoms with Gasteiger partial charge in [0.1, 0.15) is 0 Å². The fourth-order valence-electron chi connectivity index (χ4n) is 3.28. The van der Waals surface area contributed by atoms with Crippen molar-refractivity contribution >= 4 is 28.5 Å². The van der Waals surface area contributed by atoms with E-state index in [4.69, 9.17) is 4.52 Å². The number of nitrogens with zero attached hydrogens (tertiary/aromatic N) is 3. The summed E-state index contributed by atoms with van der Waals surface area (Å²) in [5.41, 5.74) is 3.10. The van der Waals surface area contributed by atoms with Gasteiger partial charge in [-0.25, -0.2) is 0 Å². The molecular formula is C25H22IN3O2. The maximum Gasteiger partial charge on any atom is 0.227 e. The Labute approximate surface area is 195 Å².